The van der Waals surface area contributed by atoms with Crippen LogP contribution in [0.15, 0.2) is 0 Å². The number of nitrogens with zero attached hydrogens (tertiary/aromatic N) is 1. The van der Waals surface area contributed by atoms with E-state index in [1.54, 1.807) is 5.06 Å². The topological polar surface area (TPSA) is 38.8 Å². The molecule has 1 aliphatic heterocycles. The van der Waals surface area contributed by atoms with Crippen molar-refractivity contribution in [3.8, 4) is 0 Å². The molecule has 106 valence electrons. The first kappa shape index (κ1) is 15.4. The van der Waals surface area contributed by atoms with E-state index in [1.807, 2.05) is 48.6 Å². The lowest BCUT2D eigenvalue weighted by Gasteiger charge is -2.26. The van der Waals surface area contributed by atoms with Crippen molar-refractivity contribution in [2.75, 3.05) is 13.7 Å². The Morgan fingerprint density at radius 3 is 2.44 bits per heavy atom. The van der Waals surface area contributed by atoms with Crippen LogP contribution in [-0.4, -0.2) is 36.3 Å². The van der Waals surface area contributed by atoms with Crippen molar-refractivity contribution in [2.24, 2.45) is 11.3 Å². The zero-order valence-corrected chi connectivity index (χ0v) is 12.7. The summed E-state index contributed by atoms with van der Waals surface area (Å²) in [6, 6.07) is 0.149. The minimum atomic E-state index is -0.165. The van der Waals surface area contributed by atoms with Crippen molar-refractivity contribution in [3.63, 3.8) is 0 Å². The van der Waals surface area contributed by atoms with Crippen molar-refractivity contribution in [3.05, 3.63) is 0 Å². The number of carbonyl (C=O) groups is 1. The molecule has 0 N–H and O–H groups in total. The lowest BCUT2D eigenvalue weighted by atomic mass is 9.82. The van der Waals surface area contributed by atoms with Gasteiger partial charge in [-0.2, -0.15) is 5.06 Å². The van der Waals surface area contributed by atoms with Gasteiger partial charge in [0.1, 0.15) is 6.61 Å². The molecule has 2 atom stereocenters. The number of hydroxylamine groups is 2. The Labute approximate surface area is 111 Å². The normalized spacial score (nSPS) is 26.1. The second-order valence-corrected chi connectivity index (χ2v) is 6.97. The third-order valence-electron chi connectivity index (χ3n) is 3.70. The fourth-order valence-electron chi connectivity index (χ4n) is 2.02. The van der Waals surface area contributed by atoms with E-state index >= 15 is 0 Å². The first-order chi connectivity index (χ1) is 8.03. The summed E-state index contributed by atoms with van der Waals surface area (Å²) in [4.78, 5) is 17.6. The van der Waals surface area contributed by atoms with Gasteiger partial charge in [0, 0.05) is 7.05 Å². The third-order valence-corrected chi connectivity index (χ3v) is 3.70. The van der Waals surface area contributed by atoms with Gasteiger partial charge in [-0.25, -0.2) is 0 Å². The van der Waals surface area contributed by atoms with Gasteiger partial charge in [0.2, 0.25) is 0 Å². The van der Waals surface area contributed by atoms with Gasteiger partial charge in [-0.05, 0) is 25.7 Å². The Bertz CT molecular complexity index is 307. The van der Waals surface area contributed by atoms with E-state index in [4.69, 9.17) is 9.57 Å². The molecule has 4 heteroatoms. The van der Waals surface area contributed by atoms with Crippen LogP contribution in [0.3, 0.4) is 0 Å². The first-order valence-corrected chi connectivity index (χ1v) is 6.61. The molecular formula is C14H27NO3. The van der Waals surface area contributed by atoms with Gasteiger partial charge in [0.25, 0.3) is 0 Å². The maximum atomic E-state index is 11.9. The van der Waals surface area contributed by atoms with Crippen molar-refractivity contribution in [1.82, 2.24) is 5.06 Å². The number of hydrogen-bond donors (Lipinski definition) is 0. The summed E-state index contributed by atoms with van der Waals surface area (Å²) >= 11 is 0. The number of hydrogen-bond acceptors (Lipinski definition) is 4. The summed E-state index contributed by atoms with van der Waals surface area (Å²) in [6.07, 6.45) is 0.876. The molecule has 1 fully saturated rings. The smallest absolute Gasteiger partial charge is 0.309 e. The van der Waals surface area contributed by atoms with Crippen LogP contribution in [0.1, 0.15) is 48.0 Å². The molecule has 1 rings (SSSR count). The van der Waals surface area contributed by atoms with E-state index < -0.39 is 0 Å². The second kappa shape index (κ2) is 5.17. The number of rotatable bonds is 3. The predicted octanol–water partition coefficient (Wildman–Crippen LogP) is 2.63. The van der Waals surface area contributed by atoms with E-state index in [0.29, 0.717) is 6.61 Å². The Morgan fingerprint density at radius 1 is 1.50 bits per heavy atom. The minimum absolute atomic E-state index is 0.0611. The lowest BCUT2D eigenvalue weighted by Crippen LogP contribution is -2.33. The van der Waals surface area contributed by atoms with Gasteiger partial charge in [0.15, 0.2) is 0 Å². The van der Waals surface area contributed by atoms with Gasteiger partial charge in [-0.3, -0.25) is 9.63 Å². The largest absolute Gasteiger partial charge is 0.464 e. The molecule has 1 saturated heterocycles. The van der Waals surface area contributed by atoms with E-state index in [1.165, 1.54) is 0 Å². The monoisotopic (exact) mass is 257 g/mol. The van der Waals surface area contributed by atoms with Crippen LogP contribution < -0.4 is 0 Å². The van der Waals surface area contributed by atoms with Crippen LogP contribution in [0, 0.1) is 11.3 Å². The average Bonchev–Trinajstić information content (AvgIpc) is 2.45. The Hall–Kier alpha value is -0.610. The fourth-order valence-corrected chi connectivity index (χ4v) is 2.02. The number of ether oxygens (including phenoxy) is 1. The molecule has 1 heterocycles. The first-order valence-electron chi connectivity index (χ1n) is 6.61. The maximum Gasteiger partial charge on any atom is 0.309 e. The Kier molecular flexibility index (Phi) is 4.44. The van der Waals surface area contributed by atoms with Gasteiger partial charge in [-0.1, -0.05) is 27.7 Å². The van der Waals surface area contributed by atoms with Crippen LogP contribution in [0.2, 0.25) is 0 Å². The number of esters is 1. The van der Waals surface area contributed by atoms with E-state index in [9.17, 15) is 4.79 Å². The summed E-state index contributed by atoms with van der Waals surface area (Å²) in [5.41, 5.74) is -0.226. The molecule has 0 aliphatic carbocycles. The highest BCUT2D eigenvalue weighted by Crippen LogP contribution is 2.30. The van der Waals surface area contributed by atoms with Crippen molar-refractivity contribution >= 4 is 5.97 Å². The highest BCUT2D eigenvalue weighted by atomic mass is 16.7. The predicted molar refractivity (Wildman–Crippen MR) is 70.9 cm³/mol. The summed E-state index contributed by atoms with van der Waals surface area (Å²) in [6.45, 7) is 12.6. The molecule has 0 aromatic rings. The molecule has 0 bridgehead atoms. The SMILES string of the molecule is CC(C(=O)OCC1CC(C)(C)ON1C)C(C)(C)C. The van der Waals surface area contributed by atoms with Crippen molar-refractivity contribution in [1.29, 1.82) is 0 Å². The summed E-state index contributed by atoms with van der Waals surface area (Å²) in [7, 11) is 1.89. The lowest BCUT2D eigenvalue weighted by molar-refractivity contribution is -0.184. The van der Waals surface area contributed by atoms with Crippen LogP contribution in [0.5, 0.6) is 0 Å². The number of likely N-dealkylation sites (N-methyl/N-ethyl adjacent to an activating group) is 1. The second-order valence-electron chi connectivity index (χ2n) is 6.97. The maximum absolute atomic E-state index is 11.9. The molecule has 0 radical (unpaired) electrons. The van der Waals surface area contributed by atoms with Crippen LogP contribution in [0.25, 0.3) is 0 Å². The third kappa shape index (κ3) is 3.95. The summed E-state index contributed by atoms with van der Waals surface area (Å²) in [5.74, 6) is -0.223. The van der Waals surface area contributed by atoms with E-state index in [0.717, 1.165) is 6.42 Å². The Balaban J connectivity index is 2.45. The average molecular weight is 257 g/mol. The quantitative estimate of drug-likeness (QED) is 0.729. The van der Waals surface area contributed by atoms with Crippen LogP contribution in [-0.2, 0) is 14.4 Å². The van der Waals surface area contributed by atoms with Gasteiger partial charge < -0.3 is 4.74 Å². The molecular weight excluding hydrogens is 230 g/mol. The molecule has 0 aromatic heterocycles. The number of carbonyl (C=O) groups excluding carboxylic acids is 1. The molecule has 18 heavy (non-hydrogen) atoms. The van der Waals surface area contributed by atoms with E-state index in [2.05, 4.69) is 0 Å². The van der Waals surface area contributed by atoms with Gasteiger partial charge in [-0.15, -0.1) is 0 Å². The highest BCUT2D eigenvalue weighted by Gasteiger charge is 2.38. The van der Waals surface area contributed by atoms with Crippen molar-refractivity contribution < 1.29 is 14.4 Å². The molecule has 0 saturated carbocycles. The summed E-state index contributed by atoms with van der Waals surface area (Å²) < 4.78 is 5.42. The highest BCUT2D eigenvalue weighted by molar-refractivity contribution is 5.72. The van der Waals surface area contributed by atoms with Gasteiger partial charge >= 0.3 is 5.97 Å². The van der Waals surface area contributed by atoms with Gasteiger partial charge in [0.05, 0.1) is 17.6 Å². The Morgan fingerprint density at radius 2 is 2.06 bits per heavy atom. The van der Waals surface area contributed by atoms with E-state index in [-0.39, 0.29) is 28.9 Å². The minimum Gasteiger partial charge on any atom is -0.464 e. The molecule has 2 unspecified atom stereocenters. The molecule has 4 nitrogen and oxygen atoms in total. The van der Waals surface area contributed by atoms with Crippen LogP contribution in [0.4, 0.5) is 0 Å². The molecule has 0 aromatic carbocycles. The molecule has 1 aliphatic rings. The standard InChI is InChI=1S/C14H27NO3/c1-10(13(2,3)4)12(16)17-9-11-8-14(5,6)18-15(11)7/h10-11H,8-9H2,1-7H3. The molecule has 0 amide bonds. The fraction of sp³-hybridized carbons (Fsp3) is 0.929. The van der Waals surface area contributed by atoms with Crippen molar-refractivity contribution in [2.45, 2.75) is 59.6 Å². The summed E-state index contributed by atoms with van der Waals surface area (Å²) in [5, 5.41) is 1.80. The van der Waals surface area contributed by atoms with Crippen LogP contribution >= 0.6 is 0 Å². The zero-order valence-electron chi connectivity index (χ0n) is 12.7. The molecule has 0 spiro atoms. The zero-order chi connectivity index (χ0) is 14.1.